The summed E-state index contributed by atoms with van der Waals surface area (Å²) >= 11 is 0. The Hall–Kier alpha value is -4.90. The molecule has 0 aliphatic rings. The van der Waals surface area contributed by atoms with E-state index in [1.54, 1.807) is 42.6 Å². The number of aryl methyl sites for hydroxylation is 1. The lowest BCUT2D eigenvalue weighted by Gasteiger charge is -2.13. The van der Waals surface area contributed by atoms with Gasteiger partial charge in [0.2, 0.25) is 5.78 Å². The maximum Gasteiger partial charge on any atom is 0.339 e. The number of carbonyl (C=O) groups is 3. The molecule has 0 amide bonds. The number of hydrogen-bond donors (Lipinski definition) is 0. The lowest BCUT2D eigenvalue weighted by Crippen LogP contribution is -2.17. The SMILES string of the molecule is CCOc1ccc(C(=O)c2ccccc2C(=O)OCC(=O)c2cn(CCC#N)c3ccccc23)cc1OCC. The summed E-state index contributed by atoms with van der Waals surface area (Å²) < 4.78 is 18.4. The summed E-state index contributed by atoms with van der Waals surface area (Å²) in [4.78, 5) is 39.5. The molecule has 0 radical (unpaired) electrons. The minimum atomic E-state index is -0.781. The molecule has 39 heavy (non-hydrogen) atoms. The molecule has 0 aliphatic heterocycles. The Morgan fingerprint density at radius 3 is 2.28 bits per heavy atom. The number of rotatable bonds is 12. The van der Waals surface area contributed by atoms with E-state index in [2.05, 4.69) is 6.07 Å². The maximum atomic E-state index is 13.4. The number of nitriles is 1. The first-order valence-electron chi connectivity index (χ1n) is 12.7. The molecule has 0 spiro atoms. The van der Waals surface area contributed by atoms with Crippen molar-refractivity contribution in [2.24, 2.45) is 0 Å². The number of fused-ring (bicyclic) bond motifs is 1. The van der Waals surface area contributed by atoms with Crippen molar-refractivity contribution in [1.82, 2.24) is 4.57 Å². The Balaban J connectivity index is 1.54. The highest BCUT2D eigenvalue weighted by atomic mass is 16.5. The number of Topliss-reactive ketones (excluding diaryl/α,β-unsaturated/α-hetero) is 1. The van der Waals surface area contributed by atoms with Crippen LogP contribution in [-0.2, 0) is 11.3 Å². The van der Waals surface area contributed by atoms with Crippen LogP contribution in [-0.4, -0.2) is 41.9 Å². The number of ether oxygens (including phenoxy) is 3. The van der Waals surface area contributed by atoms with Crippen LogP contribution in [0.1, 0.15) is 56.9 Å². The van der Waals surface area contributed by atoms with E-state index >= 15 is 0 Å². The first-order chi connectivity index (χ1) is 19.0. The molecule has 0 atom stereocenters. The second-order valence-corrected chi connectivity index (χ2v) is 8.56. The van der Waals surface area contributed by atoms with Crippen LogP contribution in [0.25, 0.3) is 10.9 Å². The van der Waals surface area contributed by atoms with Gasteiger partial charge in [0.05, 0.1) is 31.3 Å². The highest BCUT2D eigenvalue weighted by Gasteiger charge is 2.22. The van der Waals surface area contributed by atoms with Gasteiger partial charge >= 0.3 is 5.97 Å². The number of para-hydroxylation sites is 1. The summed E-state index contributed by atoms with van der Waals surface area (Å²) in [5, 5.41) is 9.67. The second kappa shape index (κ2) is 12.6. The Morgan fingerprint density at radius 2 is 1.54 bits per heavy atom. The molecular weight excluding hydrogens is 496 g/mol. The molecule has 8 heteroatoms. The average Bonchev–Trinajstić information content (AvgIpc) is 3.34. The Labute approximate surface area is 226 Å². The molecule has 4 rings (SSSR count). The zero-order valence-corrected chi connectivity index (χ0v) is 21.8. The molecular formula is C31H28N2O6. The molecule has 0 saturated heterocycles. The lowest BCUT2D eigenvalue weighted by molar-refractivity contribution is 0.0473. The lowest BCUT2D eigenvalue weighted by atomic mass is 9.98. The number of ketones is 2. The van der Waals surface area contributed by atoms with E-state index in [1.807, 2.05) is 42.7 Å². The van der Waals surface area contributed by atoms with Gasteiger partial charge in [0.25, 0.3) is 0 Å². The van der Waals surface area contributed by atoms with E-state index in [4.69, 9.17) is 19.5 Å². The smallest absolute Gasteiger partial charge is 0.339 e. The summed E-state index contributed by atoms with van der Waals surface area (Å²) in [5.41, 5.74) is 1.75. The topological polar surface area (TPSA) is 108 Å². The molecule has 0 fully saturated rings. The van der Waals surface area contributed by atoms with Crippen molar-refractivity contribution >= 4 is 28.4 Å². The van der Waals surface area contributed by atoms with E-state index in [0.29, 0.717) is 54.2 Å². The van der Waals surface area contributed by atoms with Crippen molar-refractivity contribution < 1.29 is 28.6 Å². The van der Waals surface area contributed by atoms with Gasteiger partial charge in [-0.05, 0) is 44.2 Å². The highest BCUT2D eigenvalue weighted by Crippen LogP contribution is 2.30. The summed E-state index contributed by atoms with van der Waals surface area (Å²) in [6, 6.07) is 20.6. The molecule has 1 aromatic heterocycles. The molecule has 1 heterocycles. The van der Waals surface area contributed by atoms with Crippen LogP contribution in [0.15, 0.2) is 72.9 Å². The van der Waals surface area contributed by atoms with Crippen molar-refractivity contribution in [3.63, 3.8) is 0 Å². The Bertz CT molecular complexity index is 1560. The van der Waals surface area contributed by atoms with E-state index in [9.17, 15) is 14.4 Å². The third-order valence-corrected chi connectivity index (χ3v) is 6.09. The predicted molar refractivity (Wildman–Crippen MR) is 145 cm³/mol. The fourth-order valence-corrected chi connectivity index (χ4v) is 4.32. The van der Waals surface area contributed by atoms with Crippen LogP contribution in [0.5, 0.6) is 11.5 Å². The van der Waals surface area contributed by atoms with Crippen molar-refractivity contribution in [3.8, 4) is 17.6 Å². The standard InChI is InChI=1S/C31H28N2O6/c1-3-37-28-15-14-21(18-29(28)38-4-2)30(35)23-11-5-6-12-24(23)31(36)39-20-27(34)25-19-33(17-9-16-32)26-13-8-7-10-22(25)26/h5-8,10-15,18-19H,3-4,9,17,20H2,1-2H3. The van der Waals surface area contributed by atoms with E-state index < -0.39 is 18.4 Å². The van der Waals surface area contributed by atoms with Gasteiger partial charge in [-0.15, -0.1) is 0 Å². The minimum Gasteiger partial charge on any atom is -0.490 e. The van der Waals surface area contributed by atoms with Crippen LogP contribution in [0.2, 0.25) is 0 Å². The first-order valence-corrected chi connectivity index (χ1v) is 12.7. The van der Waals surface area contributed by atoms with Crippen molar-refractivity contribution in [2.45, 2.75) is 26.8 Å². The van der Waals surface area contributed by atoms with E-state index in [-0.39, 0.29) is 16.9 Å². The molecule has 3 aromatic carbocycles. The third-order valence-electron chi connectivity index (χ3n) is 6.09. The van der Waals surface area contributed by atoms with Crippen molar-refractivity contribution in [3.05, 3.63) is 95.2 Å². The van der Waals surface area contributed by atoms with Gasteiger partial charge in [-0.25, -0.2) is 4.79 Å². The quantitative estimate of drug-likeness (QED) is 0.175. The molecule has 0 aliphatic carbocycles. The average molecular weight is 525 g/mol. The van der Waals surface area contributed by atoms with Gasteiger partial charge in [-0.1, -0.05) is 36.4 Å². The van der Waals surface area contributed by atoms with Crippen LogP contribution in [0.3, 0.4) is 0 Å². The first kappa shape index (κ1) is 27.1. The van der Waals surface area contributed by atoms with Crippen molar-refractivity contribution in [2.75, 3.05) is 19.8 Å². The monoisotopic (exact) mass is 524 g/mol. The fourth-order valence-electron chi connectivity index (χ4n) is 4.32. The van der Waals surface area contributed by atoms with Crippen molar-refractivity contribution in [1.29, 1.82) is 5.26 Å². The molecule has 0 unspecified atom stereocenters. The van der Waals surface area contributed by atoms with Crippen LogP contribution >= 0.6 is 0 Å². The van der Waals surface area contributed by atoms with Gasteiger partial charge in [-0.2, -0.15) is 5.26 Å². The van der Waals surface area contributed by atoms with Crippen LogP contribution in [0, 0.1) is 11.3 Å². The fraction of sp³-hybridized carbons (Fsp3) is 0.226. The van der Waals surface area contributed by atoms with Gasteiger partial charge in [0.1, 0.15) is 0 Å². The molecule has 0 bridgehead atoms. The third kappa shape index (κ3) is 5.99. The molecule has 0 N–H and O–H groups in total. The minimum absolute atomic E-state index is 0.0543. The number of benzene rings is 3. The second-order valence-electron chi connectivity index (χ2n) is 8.56. The maximum absolute atomic E-state index is 13.4. The molecule has 198 valence electrons. The van der Waals surface area contributed by atoms with Crippen LogP contribution < -0.4 is 9.47 Å². The normalized spacial score (nSPS) is 10.6. The van der Waals surface area contributed by atoms with E-state index in [1.165, 1.54) is 6.07 Å². The highest BCUT2D eigenvalue weighted by molar-refractivity contribution is 6.15. The van der Waals surface area contributed by atoms with Gasteiger partial charge in [0, 0.05) is 40.3 Å². The van der Waals surface area contributed by atoms with Gasteiger partial charge < -0.3 is 18.8 Å². The Kier molecular flexibility index (Phi) is 8.75. The molecule has 0 saturated carbocycles. The summed E-state index contributed by atoms with van der Waals surface area (Å²) in [5.74, 6) is -0.595. The van der Waals surface area contributed by atoms with Crippen LogP contribution in [0.4, 0.5) is 0 Å². The predicted octanol–water partition coefficient (Wildman–Crippen LogP) is 5.62. The summed E-state index contributed by atoms with van der Waals surface area (Å²) in [7, 11) is 0. The number of aromatic nitrogens is 1. The molecule has 8 nitrogen and oxygen atoms in total. The molecule has 4 aromatic rings. The Morgan fingerprint density at radius 1 is 0.846 bits per heavy atom. The largest absolute Gasteiger partial charge is 0.490 e. The zero-order valence-electron chi connectivity index (χ0n) is 21.8. The number of nitrogens with zero attached hydrogens (tertiary/aromatic N) is 2. The van der Waals surface area contributed by atoms with Gasteiger partial charge in [0.15, 0.2) is 23.9 Å². The number of carbonyl (C=O) groups excluding carboxylic acids is 3. The number of hydrogen-bond acceptors (Lipinski definition) is 7. The summed E-state index contributed by atoms with van der Waals surface area (Å²) in [6.45, 7) is 4.48. The van der Waals surface area contributed by atoms with Gasteiger partial charge in [-0.3, -0.25) is 9.59 Å². The number of esters is 1. The summed E-state index contributed by atoms with van der Waals surface area (Å²) in [6.07, 6.45) is 1.98. The zero-order chi connectivity index (χ0) is 27.8. The van der Waals surface area contributed by atoms with E-state index in [0.717, 1.165) is 5.52 Å².